The van der Waals surface area contributed by atoms with Gasteiger partial charge in [-0.05, 0) is 0 Å². The third-order valence-corrected chi connectivity index (χ3v) is 3.80. The summed E-state index contributed by atoms with van der Waals surface area (Å²) < 4.78 is 21.5. The van der Waals surface area contributed by atoms with E-state index in [1.165, 1.54) is 6.92 Å². The van der Waals surface area contributed by atoms with Crippen molar-refractivity contribution in [3.05, 3.63) is 0 Å². The average Bonchev–Trinajstić information content (AvgIpc) is 1.95. The molecular formula is C5H10O4S. The summed E-state index contributed by atoms with van der Waals surface area (Å²) in [5.74, 6) is -0.861. The van der Waals surface area contributed by atoms with Crippen LogP contribution in [0.15, 0.2) is 0 Å². The van der Waals surface area contributed by atoms with Crippen LogP contribution in [0.1, 0.15) is 6.92 Å². The Balaban J connectivity index is 2.93. The van der Waals surface area contributed by atoms with Gasteiger partial charge in [0, 0.05) is 5.92 Å². The van der Waals surface area contributed by atoms with Crippen molar-refractivity contribution in [3.63, 3.8) is 0 Å². The van der Waals surface area contributed by atoms with Crippen LogP contribution in [0.5, 0.6) is 0 Å². The molecule has 5 heteroatoms. The molecule has 60 valence electrons. The third kappa shape index (κ3) is 1.04. The van der Waals surface area contributed by atoms with E-state index in [1.54, 1.807) is 0 Å². The Kier molecular flexibility index (Phi) is 1.74. The first kappa shape index (κ1) is 7.97. The molecule has 1 saturated heterocycles. The van der Waals surface area contributed by atoms with Crippen LogP contribution >= 0.6 is 0 Å². The average molecular weight is 166 g/mol. The van der Waals surface area contributed by atoms with E-state index in [1.807, 2.05) is 0 Å². The summed E-state index contributed by atoms with van der Waals surface area (Å²) in [5.41, 5.74) is -1.37. The Labute approximate surface area is 59.4 Å². The zero-order chi connectivity index (χ0) is 7.94. The van der Waals surface area contributed by atoms with Gasteiger partial charge in [-0.3, -0.25) is 0 Å². The normalized spacial score (nSPS) is 45.7. The molecule has 0 aliphatic carbocycles. The molecule has 1 fully saturated rings. The largest absolute Gasteiger partial charge is 0.392 e. The summed E-state index contributed by atoms with van der Waals surface area (Å²) in [5, 5.41) is 17.9. The lowest BCUT2D eigenvalue weighted by Crippen LogP contribution is -2.21. The molecule has 0 amide bonds. The molecule has 0 radical (unpaired) electrons. The molecule has 1 rings (SSSR count). The molecule has 1 aliphatic rings. The Hall–Kier alpha value is -0.130. The summed E-state index contributed by atoms with van der Waals surface area (Å²) in [6, 6.07) is 0. The number of rotatable bonds is 0. The highest BCUT2D eigenvalue weighted by atomic mass is 32.2. The Morgan fingerprint density at radius 2 is 1.90 bits per heavy atom. The van der Waals surface area contributed by atoms with Gasteiger partial charge in [-0.2, -0.15) is 0 Å². The molecular weight excluding hydrogens is 156 g/mol. The SMILES string of the molecule is C[C@@H]1[C@H](O)CS(=O)(=O)[C@@H]1O. The summed E-state index contributed by atoms with van der Waals surface area (Å²) in [4.78, 5) is 0. The van der Waals surface area contributed by atoms with E-state index in [4.69, 9.17) is 10.2 Å². The molecule has 3 atom stereocenters. The number of aliphatic hydroxyl groups is 2. The topological polar surface area (TPSA) is 74.6 Å². The minimum atomic E-state index is -3.42. The van der Waals surface area contributed by atoms with E-state index in [2.05, 4.69) is 0 Å². The van der Waals surface area contributed by atoms with Gasteiger partial charge in [0.25, 0.3) is 0 Å². The van der Waals surface area contributed by atoms with Crippen LogP contribution in [0.4, 0.5) is 0 Å². The summed E-state index contributed by atoms with van der Waals surface area (Å²) in [6.45, 7) is 1.51. The quantitative estimate of drug-likeness (QED) is 0.470. The van der Waals surface area contributed by atoms with Gasteiger partial charge in [0.1, 0.15) is 0 Å². The van der Waals surface area contributed by atoms with Gasteiger partial charge in [-0.15, -0.1) is 0 Å². The minimum Gasteiger partial charge on any atom is -0.392 e. The maximum atomic E-state index is 10.8. The highest BCUT2D eigenvalue weighted by Gasteiger charge is 2.42. The molecule has 0 saturated carbocycles. The molecule has 0 spiro atoms. The Morgan fingerprint density at radius 1 is 1.40 bits per heavy atom. The second-order valence-electron chi connectivity index (χ2n) is 2.65. The van der Waals surface area contributed by atoms with Gasteiger partial charge in [0.05, 0.1) is 11.9 Å². The number of hydrogen-bond donors (Lipinski definition) is 2. The fourth-order valence-corrected chi connectivity index (χ4v) is 2.82. The molecule has 0 aromatic rings. The van der Waals surface area contributed by atoms with E-state index < -0.39 is 27.3 Å². The van der Waals surface area contributed by atoms with Crippen LogP contribution in [-0.2, 0) is 9.84 Å². The third-order valence-electron chi connectivity index (χ3n) is 1.83. The van der Waals surface area contributed by atoms with Crippen LogP contribution < -0.4 is 0 Å². The Bertz CT molecular complexity index is 220. The second kappa shape index (κ2) is 2.18. The van der Waals surface area contributed by atoms with Crippen molar-refractivity contribution < 1.29 is 18.6 Å². The first-order valence-electron chi connectivity index (χ1n) is 3.03. The van der Waals surface area contributed by atoms with Crippen LogP contribution in [0.2, 0.25) is 0 Å². The molecule has 4 nitrogen and oxygen atoms in total. The van der Waals surface area contributed by atoms with Crippen molar-refractivity contribution >= 4 is 9.84 Å². The minimum absolute atomic E-state index is 0.310. The molecule has 1 aliphatic heterocycles. The highest BCUT2D eigenvalue weighted by Crippen LogP contribution is 2.24. The number of aliphatic hydroxyl groups excluding tert-OH is 2. The molecule has 0 aromatic heterocycles. The van der Waals surface area contributed by atoms with Crippen molar-refractivity contribution in [3.8, 4) is 0 Å². The van der Waals surface area contributed by atoms with Gasteiger partial charge < -0.3 is 10.2 Å². The summed E-state index contributed by atoms with van der Waals surface area (Å²) >= 11 is 0. The van der Waals surface area contributed by atoms with E-state index in [-0.39, 0.29) is 5.75 Å². The van der Waals surface area contributed by atoms with E-state index >= 15 is 0 Å². The standard InChI is InChI=1S/C5H10O4S/c1-3-4(6)2-10(8,9)5(3)7/h3-7H,2H2,1H3/t3-,4-,5+/m1/s1. The van der Waals surface area contributed by atoms with Crippen molar-refractivity contribution in [2.75, 3.05) is 5.75 Å². The lowest BCUT2D eigenvalue weighted by molar-refractivity contribution is 0.0923. The summed E-state index contributed by atoms with van der Waals surface area (Å²) in [6.07, 6.45) is -0.903. The number of hydrogen-bond acceptors (Lipinski definition) is 4. The number of sulfone groups is 1. The van der Waals surface area contributed by atoms with Crippen molar-refractivity contribution in [2.45, 2.75) is 18.5 Å². The predicted molar refractivity (Wildman–Crippen MR) is 35.0 cm³/mol. The van der Waals surface area contributed by atoms with E-state index in [0.717, 1.165) is 0 Å². The molecule has 10 heavy (non-hydrogen) atoms. The van der Waals surface area contributed by atoms with Crippen LogP contribution in [-0.4, -0.2) is 35.9 Å². The molecule has 2 N–H and O–H groups in total. The van der Waals surface area contributed by atoms with Crippen LogP contribution in [0, 0.1) is 5.92 Å². The van der Waals surface area contributed by atoms with Gasteiger partial charge in [-0.25, -0.2) is 8.42 Å². The lowest BCUT2D eigenvalue weighted by Gasteiger charge is -2.07. The first-order chi connectivity index (χ1) is 4.45. The zero-order valence-electron chi connectivity index (χ0n) is 5.56. The molecule has 0 bridgehead atoms. The predicted octanol–water partition coefficient (Wildman–Crippen LogP) is -1.27. The van der Waals surface area contributed by atoms with Crippen molar-refractivity contribution in [1.29, 1.82) is 0 Å². The van der Waals surface area contributed by atoms with Gasteiger partial charge in [-0.1, -0.05) is 6.92 Å². The van der Waals surface area contributed by atoms with Crippen molar-refractivity contribution in [2.24, 2.45) is 5.92 Å². The fraction of sp³-hybridized carbons (Fsp3) is 1.00. The highest BCUT2D eigenvalue weighted by molar-refractivity contribution is 7.92. The summed E-state index contributed by atoms with van der Waals surface area (Å²) in [7, 11) is -3.42. The molecule has 0 unspecified atom stereocenters. The monoisotopic (exact) mass is 166 g/mol. The fourth-order valence-electron chi connectivity index (χ4n) is 1.01. The maximum absolute atomic E-state index is 10.8. The van der Waals surface area contributed by atoms with Crippen molar-refractivity contribution in [1.82, 2.24) is 0 Å². The second-order valence-corrected chi connectivity index (χ2v) is 4.79. The zero-order valence-corrected chi connectivity index (χ0v) is 6.37. The van der Waals surface area contributed by atoms with Gasteiger partial charge in [0.15, 0.2) is 15.3 Å². The van der Waals surface area contributed by atoms with Gasteiger partial charge in [0.2, 0.25) is 0 Å². The van der Waals surface area contributed by atoms with Gasteiger partial charge >= 0.3 is 0 Å². The van der Waals surface area contributed by atoms with Crippen LogP contribution in [0.3, 0.4) is 0 Å². The molecule has 0 aromatic carbocycles. The smallest absolute Gasteiger partial charge is 0.179 e. The molecule has 1 heterocycles. The van der Waals surface area contributed by atoms with E-state index in [9.17, 15) is 8.42 Å². The maximum Gasteiger partial charge on any atom is 0.179 e. The van der Waals surface area contributed by atoms with Crippen LogP contribution in [0.25, 0.3) is 0 Å². The van der Waals surface area contributed by atoms with E-state index in [0.29, 0.717) is 0 Å². The lowest BCUT2D eigenvalue weighted by atomic mass is 10.1. The Morgan fingerprint density at radius 3 is 2.00 bits per heavy atom. The first-order valence-corrected chi connectivity index (χ1v) is 4.74.